The highest BCUT2D eigenvalue weighted by Crippen LogP contribution is 2.38. The molecule has 0 radical (unpaired) electrons. The first kappa shape index (κ1) is 18.4. The van der Waals surface area contributed by atoms with Crippen LogP contribution in [0.25, 0.3) is 11.0 Å². The third-order valence-corrected chi connectivity index (χ3v) is 3.06. The minimum absolute atomic E-state index is 0.0716. The van der Waals surface area contributed by atoms with Gasteiger partial charge in [-0.3, -0.25) is 0 Å². The zero-order valence-electron chi connectivity index (χ0n) is 12.4. The summed E-state index contributed by atoms with van der Waals surface area (Å²) in [6, 6.07) is 3.67. The third-order valence-electron chi connectivity index (χ3n) is 3.06. The first-order valence-corrected chi connectivity index (χ1v) is 6.50. The quantitative estimate of drug-likeness (QED) is 0.472. The van der Waals surface area contributed by atoms with Gasteiger partial charge in [-0.25, -0.2) is 9.97 Å². The summed E-state index contributed by atoms with van der Waals surface area (Å²) >= 11 is 0. The Hall–Kier alpha value is -2.90. The van der Waals surface area contributed by atoms with Gasteiger partial charge in [0.15, 0.2) is 5.65 Å². The van der Waals surface area contributed by atoms with Crippen molar-refractivity contribution >= 4 is 17.2 Å². The zero-order chi connectivity index (χ0) is 18.8. The van der Waals surface area contributed by atoms with Crippen LogP contribution in [-0.4, -0.2) is 23.3 Å². The molecule has 0 aliphatic rings. The first-order chi connectivity index (χ1) is 11.6. The van der Waals surface area contributed by atoms with Crippen molar-refractivity contribution in [2.75, 3.05) is 7.11 Å². The lowest BCUT2D eigenvalue weighted by Gasteiger charge is -2.14. The molecular weight excluding hydrogens is 354 g/mol. The Bertz CT molecular complexity index is 853. The molecule has 0 fully saturated rings. The molecule has 2 rings (SSSR count). The average molecular weight is 362 g/mol. The Balaban J connectivity index is 2.72. The van der Waals surface area contributed by atoms with Gasteiger partial charge in [-0.15, -0.1) is 0 Å². The van der Waals surface area contributed by atoms with Crippen LogP contribution < -0.4 is 0 Å². The molecule has 132 valence electrons. The summed E-state index contributed by atoms with van der Waals surface area (Å²) < 4.78 is 77.7. The highest BCUT2D eigenvalue weighted by Gasteiger charge is 2.39. The molecule has 0 saturated carbocycles. The number of alkyl halides is 6. The van der Waals surface area contributed by atoms with Crippen LogP contribution in [0.1, 0.15) is 22.9 Å². The molecule has 0 spiro atoms. The van der Waals surface area contributed by atoms with Crippen LogP contribution in [0.15, 0.2) is 23.4 Å². The highest BCUT2D eigenvalue weighted by molar-refractivity contribution is 5.81. The molecule has 2 aromatic rings. The predicted molar refractivity (Wildman–Crippen MR) is 73.4 cm³/mol. The maximum Gasteiger partial charge on any atom is 0.433 e. The molecule has 1 unspecified atom stereocenters. The van der Waals surface area contributed by atoms with Crippen LogP contribution in [0.5, 0.6) is 0 Å². The summed E-state index contributed by atoms with van der Waals surface area (Å²) in [5.74, 6) is -1.13. The number of hydrogen-bond acceptors (Lipinski definition) is 5. The van der Waals surface area contributed by atoms with Crippen LogP contribution in [0, 0.1) is 11.3 Å². The van der Waals surface area contributed by atoms with Crippen molar-refractivity contribution in [2.45, 2.75) is 18.3 Å². The number of rotatable bonds is 3. The van der Waals surface area contributed by atoms with Gasteiger partial charge in [-0.1, -0.05) is 5.16 Å². The van der Waals surface area contributed by atoms with Crippen molar-refractivity contribution in [1.29, 1.82) is 5.26 Å². The fourth-order valence-corrected chi connectivity index (χ4v) is 1.97. The van der Waals surface area contributed by atoms with Crippen molar-refractivity contribution in [3.63, 3.8) is 0 Å². The Morgan fingerprint density at radius 2 is 1.84 bits per heavy atom. The van der Waals surface area contributed by atoms with Gasteiger partial charge in [0.05, 0.1) is 23.5 Å². The number of halogens is 6. The van der Waals surface area contributed by atoms with E-state index in [0.29, 0.717) is 0 Å². The molecule has 25 heavy (non-hydrogen) atoms. The van der Waals surface area contributed by atoms with Gasteiger partial charge in [0.2, 0.25) is 0 Å². The summed E-state index contributed by atoms with van der Waals surface area (Å²) in [5.41, 5.74) is -4.12. The summed E-state index contributed by atoms with van der Waals surface area (Å²) in [4.78, 5) is 11.2. The standard InChI is InChI=1S/C14H8F6N4O/c1-25-22-6-7(5-21)10-3-2-8-9(13(15,16)17)4-11(14(18,19)20)24-12(8)23-10/h2-4,6-7H,1H3/b22-6-. The number of fused-ring (bicyclic) bond motifs is 1. The second-order valence-corrected chi connectivity index (χ2v) is 4.70. The molecule has 11 heteroatoms. The molecular formula is C14H8F6N4O. The Morgan fingerprint density at radius 1 is 1.16 bits per heavy atom. The normalized spacial score (nSPS) is 13.8. The molecule has 0 aliphatic heterocycles. The van der Waals surface area contributed by atoms with Crippen LogP contribution in [0.2, 0.25) is 0 Å². The monoisotopic (exact) mass is 362 g/mol. The Kier molecular flexibility index (Phi) is 4.82. The molecule has 5 nitrogen and oxygen atoms in total. The van der Waals surface area contributed by atoms with E-state index in [4.69, 9.17) is 5.26 Å². The number of oxime groups is 1. The third kappa shape index (κ3) is 3.96. The van der Waals surface area contributed by atoms with E-state index >= 15 is 0 Å². The van der Waals surface area contributed by atoms with Crippen molar-refractivity contribution < 1.29 is 31.2 Å². The fourth-order valence-electron chi connectivity index (χ4n) is 1.97. The lowest BCUT2D eigenvalue weighted by molar-refractivity contribution is -0.144. The van der Waals surface area contributed by atoms with Crippen LogP contribution >= 0.6 is 0 Å². The van der Waals surface area contributed by atoms with Crippen LogP contribution in [0.3, 0.4) is 0 Å². The van der Waals surface area contributed by atoms with Gasteiger partial charge < -0.3 is 4.84 Å². The molecule has 0 N–H and O–H groups in total. The number of nitrogens with zero attached hydrogens (tertiary/aromatic N) is 4. The zero-order valence-corrected chi connectivity index (χ0v) is 12.4. The largest absolute Gasteiger partial charge is 0.433 e. The lowest BCUT2D eigenvalue weighted by Crippen LogP contribution is -2.14. The number of nitriles is 1. The van der Waals surface area contributed by atoms with E-state index in [1.165, 1.54) is 7.11 Å². The molecule has 2 aromatic heterocycles. The molecule has 0 saturated heterocycles. The summed E-state index contributed by atoms with van der Waals surface area (Å²) in [7, 11) is 1.20. The number of hydrogen-bond donors (Lipinski definition) is 0. The van der Waals surface area contributed by atoms with Crippen molar-refractivity contribution in [1.82, 2.24) is 9.97 Å². The minimum Gasteiger partial charge on any atom is -0.399 e. The Morgan fingerprint density at radius 3 is 2.36 bits per heavy atom. The summed E-state index contributed by atoms with van der Waals surface area (Å²) in [6.07, 6.45) is -9.11. The van der Waals surface area contributed by atoms with E-state index in [1.807, 2.05) is 0 Å². The maximum absolute atomic E-state index is 13.1. The SMILES string of the molecule is CO/N=C\C(C#N)c1ccc2c(C(F)(F)F)cc(C(F)(F)F)nc2n1. The van der Waals surface area contributed by atoms with Gasteiger partial charge in [0.25, 0.3) is 0 Å². The van der Waals surface area contributed by atoms with Crippen LogP contribution in [-0.2, 0) is 17.2 Å². The molecule has 0 amide bonds. The van der Waals surface area contributed by atoms with Crippen molar-refractivity contribution in [3.8, 4) is 6.07 Å². The number of pyridine rings is 2. The minimum atomic E-state index is -5.09. The van der Waals surface area contributed by atoms with Gasteiger partial charge in [0.1, 0.15) is 18.7 Å². The molecule has 0 bridgehead atoms. The topological polar surface area (TPSA) is 71.2 Å². The van der Waals surface area contributed by atoms with Crippen LogP contribution in [0.4, 0.5) is 26.3 Å². The second kappa shape index (κ2) is 6.54. The Labute approximate surface area is 136 Å². The second-order valence-electron chi connectivity index (χ2n) is 4.70. The van der Waals surface area contributed by atoms with Gasteiger partial charge >= 0.3 is 12.4 Å². The number of aromatic nitrogens is 2. The van der Waals surface area contributed by atoms with Gasteiger partial charge in [-0.05, 0) is 18.2 Å². The summed E-state index contributed by atoms with van der Waals surface area (Å²) in [5, 5.41) is 11.8. The van der Waals surface area contributed by atoms with E-state index in [2.05, 4.69) is 20.0 Å². The van der Waals surface area contributed by atoms with Gasteiger partial charge in [0, 0.05) is 5.39 Å². The van der Waals surface area contributed by atoms with Crippen molar-refractivity contribution in [2.24, 2.45) is 5.16 Å². The van der Waals surface area contributed by atoms with E-state index in [0.717, 1.165) is 18.3 Å². The molecule has 0 aliphatic carbocycles. The fraction of sp³-hybridized carbons (Fsp3) is 0.286. The van der Waals surface area contributed by atoms with E-state index in [9.17, 15) is 26.3 Å². The molecule has 2 heterocycles. The van der Waals surface area contributed by atoms with E-state index < -0.39 is 40.6 Å². The highest BCUT2D eigenvalue weighted by atomic mass is 19.4. The van der Waals surface area contributed by atoms with E-state index in [-0.39, 0.29) is 11.8 Å². The predicted octanol–water partition coefficient (Wildman–Crippen LogP) is 3.91. The van der Waals surface area contributed by atoms with Crippen molar-refractivity contribution in [3.05, 3.63) is 35.2 Å². The smallest absolute Gasteiger partial charge is 0.399 e. The lowest BCUT2D eigenvalue weighted by atomic mass is 10.0. The van der Waals surface area contributed by atoms with E-state index in [1.54, 1.807) is 6.07 Å². The molecule has 1 atom stereocenters. The van der Waals surface area contributed by atoms with Gasteiger partial charge in [-0.2, -0.15) is 31.6 Å². The maximum atomic E-state index is 13.1. The average Bonchev–Trinajstić information content (AvgIpc) is 2.52. The summed E-state index contributed by atoms with van der Waals surface area (Å²) in [6.45, 7) is 0. The first-order valence-electron chi connectivity index (χ1n) is 6.50. The molecule has 0 aromatic carbocycles.